The van der Waals surface area contributed by atoms with Crippen LogP contribution in [0, 0.1) is 0 Å². The number of aromatic nitrogens is 2. The summed E-state index contributed by atoms with van der Waals surface area (Å²) in [6, 6.07) is 9.31. The molecule has 3 heterocycles. The molecule has 4 rings (SSSR count). The number of benzene rings is 1. The van der Waals surface area contributed by atoms with Gasteiger partial charge < -0.3 is 20.4 Å². The molecule has 1 saturated heterocycles. The minimum atomic E-state index is -0.719. The number of H-pyrrole nitrogens is 2. The number of rotatable bonds is 5. The summed E-state index contributed by atoms with van der Waals surface area (Å²) in [6.07, 6.45) is 2.33. The van der Waals surface area contributed by atoms with E-state index in [0.29, 0.717) is 36.5 Å². The van der Waals surface area contributed by atoms with E-state index in [9.17, 15) is 9.18 Å². The first-order valence-corrected chi connectivity index (χ1v) is 9.19. The van der Waals surface area contributed by atoms with E-state index in [1.807, 2.05) is 24.3 Å². The molecule has 1 atom stereocenters. The molecule has 0 saturated carbocycles. The number of hydrogen-bond acceptors (Lipinski definition) is 4. The van der Waals surface area contributed by atoms with Crippen LogP contribution in [0.3, 0.4) is 0 Å². The quantitative estimate of drug-likeness (QED) is 0.644. The van der Waals surface area contributed by atoms with Gasteiger partial charge in [-0.2, -0.15) is 0 Å². The lowest BCUT2D eigenvalue weighted by atomic mass is 10.1. The molecule has 2 aromatic heterocycles. The van der Waals surface area contributed by atoms with Crippen LogP contribution in [-0.2, 0) is 0 Å². The van der Waals surface area contributed by atoms with Crippen LogP contribution in [0.5, 0.6) is 5.75 Å². The average Bonchev–Trinajstić information content (AvgIpc) is 3.07. The van der Waals surface area contributed by atoms with Gasteiger partial charge in [0.25, 0.3) is 5.56 Å². The lowest BCUT2D eigenvalue weighted by Gasteiger charge is -2.28. The van der Waals surface area contributed by atoms with Crippen LogP contribution in [-0.4, -0.2) is 47.3 Å². The van der Waals surface area contributed by atoms with E-state index < -0.39 is 6.17 Å². The number of hydrogen-bond donors (Lipinski definition) is 3. The number of fused-ring (bicyclic) bond motifs is 1. The lowest BCUT2D eigenvalue weighted by molar-refractivity contribution is 0.121. The Labute approximate surface area is 156 Å². The third-order valence-corrected chi connectivity index (χ3v) is 4.93. The summed E-state index contributed by atoms with van der Waals surface area (Å²) < 4.78 is 19.3. The Balaban J connectivity index is 1.46. The van der Waals surface area contributed by atoms with E-state index in [4.69, 9.17) is 10.5 Å². The van der Waals surface area contributed by atoms with E-state index in [2.05, 4.69) is 14.9 Å². The maximum Gasteiger partial charge on any atom is 0.257 e. The molecule has 142 valence electrons. The van der Waals surface area contributed by atoms with Crippen molar-refractivity contribution in [1.29, 1.82) is 0 Å². The van der Waals surface area contributed by atoms with Crippen molar-refractivity contribution in [2.45, 2.75) is 19.0 Å². The van der Waals surface area contributed by atoms with Crippen LogP contribution < -0.4 is 16.0 Å². The van der Waals surface area contributed by atoms with Gasteiger partial charge in [0.2, 0.25) is 0 Å². The highest BCUT2D eigenvalue weighted by molar-refractivity contribution is 5.87. The molecule has 3 aromatic rings. The van der Waals surface area contributed by atoms with Crippen LogP contribution in [0.4, 0.5) is 10.1 Å². The standard InChI is InChI=1S/C20H23FN4O2/c21-14-2-1-5-25(12-14)6-7-27-16-3-4-18-13(8-16)9-19(24-18)17-10-15(22)11-23-20(17)26/h3-4,8-11,14,24H,1-2,5-7,12,22H2,(H,23,26). The van der Waals surface area contributed by atoms with Gasteiger partial charge in [0.15, 0.2) is 0 Å². The second kappa shape index (κ2) is 7.44. The van der Waals surface area contributed by atoms with Gasteiger partial charge in [0.05, 0.1) is 11.3 Å². The van der Waals surface area contributed by atoms with Crippen molar-refractivity contribution in [3.8, 4) is 17.0 Å². The number of piperidine rings is 1. The first-order chi connectivity index (χ1) is 13.1. The summed E-state index contributed by atoms with van der Waals surface area (Å²) >= 11 is 0. The third kappa shape index (κ3) is 3.98. The van der Waals surface area contributed by atoms with Crippen LogP contribution in [0.2, 0.25) is 0 Å². The topological polar surface area (TPSA) is 87.1 Å². The molecule has 6 nitrogen and oxygen atoms in total. The van der Waals surface area contributed by atoms with Gasteiger partial charge in [0.1, 0.15) is 18.5 Å². The largest absolute Gasteiger partial charge is 0.492 e. The van der Waals surface area contributed by atoms with Crippen LogP contribution in [0.15, 0.2) is 41.3 Å². The molecule has 27 heavy (non-hydrogen) atoms. The Bertz CT molecular complexity index is 997. The van der Waals surface area contributed by atoms with Crippen molar-refractivity contribution < 1.29 is 9.13 Å². The number of ether oxygens (including phenoxy) is 1. The molecule has 1 aromatic carbocycles. The minimum Gasteiger partial charge on any atom is -0.492 e. The molecular formula is C20H23FN4O2. The summed E-state index contributed by atoms with van der Waals surface area (Å²) in [7, 11) is 0. The lowest BCUT2D eigenvalue weighted by Crippen LogP contribution is -2.38. The van der Waals surface area contributed by atoms with Gasteiger partial charge in [-0.05, 0) is 49.7 Å². The Morgan fingerprint density at radius 3 is 3.04 bits per heavy atom. The second-order valence-electron chi connectivity index (χ2n) is 7.00. The van der Waals surface area contributed by atoms with Crippen LogP contribution in [0.25, 0.3) is 22.2 Å². The fraction of sp³-hybridized carbons (Fsp3) is 0.350. The predicted molar refractivity (Wildman–Crippen MR) is 105 cm³/mol. The molecule has 7 heteroatoms. The third-order valence-electron chi connectivity index (χ3n) is 4.93. The molecule has 0 aliphatic carbocycles. The zero-order valence-corrected chi connectivity index (χ0v) is 15.0. The van der Waals surface area contributed by atoms with Gasteiger partial charge >= 0.3 is 0 Å². The zero-order chi connectivity index (χ0) is 18.8. The maximum absolute atomic E-state index is 13.4. The average molecular weight is 370 g/mol. The predicted octanol–water partition coefficient (Wildman–Crippen LogP) is 2.92. The second-order valence-corrected chi connectivity index (χ2v) is 7.00. The molecule has 0 spiro atoms. The highest BCUT2D eigenvalue weighted by Crippen LogP contribution is 2.26. The first kappa shape index (κ1) is 17.6. The number of aromatic amines is 2. The number of nitrogens with zero attached hydrogens (tertiary/aromatic N) is 1. The first-order valence-electron chi connectivity index (χ1n) is 9.19. The number of nitrogen functional groups attached to an aromatic ring is 1. The summed E-state index contributed by atoms with van der Waals surface area (Å²) in [4.78, 5) is 20.0. The van der Waals surface area contributed by atoms with Gasteiger partial charge in [0, 0.05) is 35.9 Å². The van der Waals surface area contributed by atoms with E-state index in [-0.39, 0.29) is 5.56 Å². The number of nitrogens with two attached hydrogens (primary N) is 1. The number of alkyl halides is 1. The van der Waals surface area contributed by atoms with E-state index in [1.165, 1.54) is 6.20 Å². The van der Waals surface area contributed by atoms with E-state index >= 15 is 0 Å². The number of anilines is 1. The van der Waals surface area contributed by atoms with E-state index in [0.717, 1.165) is 36.2 Å². The molecule has 0 radical (unpaired) electrons. The number of likely N-dealkylation sites (tertiary alicyclic amines) is 1. The maximum atomic E-state index is 13.4. The summed E-state index contributed by atoms with van der Waals surface area (Å²) in [5.41, 5.74) is 8.20. The van der Waals surface area contributed by atoms with Crippen molar-refractivity contribution in [2.75, 3.05) is 32.0 Å². The van der Waals surface area contributed by atoms with Crippen molar-refractivity contribution in [3.63, 3.8) is 0 Å². The van der Waals surface area contributed by atoms with Crippen molar-refractivity contribution in [3.05, 3.63) is 46.9 Å². The van der Waals surface area contributed by atoms with Crippen LogP contribution >= 0.6 is 0 Å². The highest BCUT2D eigenvalue weighted by atomic mass is 19.1. The molecule has 1 unspecified atom stereocenters. The monoisotopic (exact) mass is 370 g/mol. The molecule has 4 N–H and O–H groups in total. The highest BCUT2D eigenvalue weighted by Gasteiger charge is 2.18. The number of nitrogens with one attached hydrogen (secondary N) is 2. The SMILES string of the molecule is Nc1c[nH]c(=O)c(-c2cc3cc(OCCN4CCCC(F)C4)ccc3[nH]2)c1. The Hall–Kier alpha value is -2.80. The van der Waals surface area contributed by atoms with Gasteiger partial charge in [-0.15, -0.1) is 0 Å². The van der Waals surface area contributed by atoms with Crippen LogP contribution in [0.1, 0.15) is 12.8 Å². The summed E-state index contributed by atoms with van der Waals surface area (Å²) in [5.74, 6) is 0.753. The van der Waals surface area contributed by atoms with Crippen molar-refractivity contribution in [2.24, 2.45) is 0 Å². The molecule has 1 fully saturated rings. The molecule has 0 amide bonds. The Kier molecular flexibility index (Phi) is 4.85. The molecule has 1 aliphatic rings. The number of pyridine rings is 1. The van der Waals surface area contributed by atoms with Gasteiger partial charge in [-0.3, -0.25) is 9.69 Å². The Morgan fingerprint density at radius 2 is 2.19 bits per heavy atom. The molecule has 1 aliphatic heterocycles. The van der Waals surface area contributed by atoms with E-state index in [1.54, 1.807) is 6.07 Å². The normalized spacial score (nSPS) is 18.0. The minimum absolute atomic E-state index is 0.195. The van der Waals surface area contributed by atoms with Gasteiger partial charge in [-0.1, -0.05) is 0 Å². The van der Waals surface area contributed by atoms with Crippen molar-refractivity contribution in [1.82, 2.24) is 14.9 Å². The smallest absolute Gasteiger partial charge is 0.257 e. The number of halogens is 1. The van der Waals surface area contributed by atoms with Gasteiger partial charge in [-0.25, -0.2) is 4.39 Å². The fourth-order valence-electron chi connectivity index (χ4n) is 3.54. The molecule has 0 bridgehead atoms. The van der Waals surface area contributed by atoms with Crippen molar-refractivity contribution >= 4 is 16.6 Å². The summed E-state index contributed by atoms with van der Waals surface area (Å²) in [6.45, 7) is 2.66. The summed E-state index contributed by atoms with van der Waals surface area (Å²) in [5, 5.41) is 0.950. The molecular weight excluding hydrogens is 347 g/mol. The zero-order valence-electron chi connectivity index (χ0n) is 15.0. The fourth-order valence-corrected chi connectivity index (χ4v) is 3.54. The Morgan fingerprint density at radius 1 is 1.30 bits per heavy atom.